The molecule has 1 atom stereocenters. The Labute approximate surface area is 49.3 Å². The predicted octanol–water partition coefficient (Wildman–Crippen LogP) is 0.185. The van der Waals surface area contributed by atoms with Gasteiger partial charge in [-0.25, -0.2) is 0 Å². The number of carbonyl (C=O) groups excluding carboxylic acids is 1. The van der Waals surface area contributed by atoms with Gasteiger partial charge in [0, 0.05) is 5.92 Å². The summed E-state index contributed by atoms with van der Waals surface area (Å²) < 4.78 is 0. The summed E-state index contributed by atoms with van der Waals surface area (Å²) in [5.74, 6) is 0.660. The summed E-state index contributed by atoms with van der Waals surface area (Å²) in [5.41, 5.74) is 0. The number of carbonyl (C=O) groups is 1. The van der Waals surface area contributed by atoms with Crippen molar-refractivity contribution in [3.8, 4) is 0 Å². The van der Waals surface area contributed by atoms with E-state index >= 15 is 0 Å². The number of nitrogens with one attached hydrogen (secondary N) is 1. The van der Waals surface area contributed by atoms with Crippen LogP contribution in [0, 0.1) is 5.92 Å². The maximum Gasteiger partial charge on any atom is 0.149 e. The first-order valence-electron chi connectivity index (χ1n) is 3.04. The Morgan fingerprint density at radius 2 is 2.50 bits per heavy atom. The molecule has 0 aromatic heterocycles. The van der Waals surface area contributed by atoms with Gasteiger partial charge < -0.3 is 5.32 Å². The summed E-state index contributed by atoms with van der Waals surface area (Å²) >= 11 is 0. The minimum atomic E-state index is 0.302. The average molecular weight is 113 g/mol. The highest BCUT2D eigenvalue weighted by atomic mass is 16.1. The fourth-order valence-electron chi connectivity index (χ4n) is 0.865. The van der Waals surface area contributed by atoms with Gasteiger partial charge in [0.25, 0.3) is 0 Å². The molecule has 1 aliphatic heterocycles. The van der Waals surface area contributed by atoms with Gasteiger partial charge in [0.1, 0.15) is 5.78 Å². The summed E-state index contributed by atoms with van der Waals surface area (Å²) in [5, 5.41) is 3.02. The summed E-state index contributed by atoms with van der Waals surface area (Å²) in [6, 6.07) is 0. The van der Waals surface area contributed by atoms with Gasteiger partial charge in [-0.2, -0.15) is 0 Å². The van der Waals surface area contributed by atoms with Gasteiger partial charge in [0.15, 0.2) is 0 Å². The Morgan fingerprint density at radius 1 is 1.75 bits per heavy atom. The van der Waals surface area contributed by atoms with Gasteiger partial charge in [-0.3, -0.25) is 4.79 Å². The first kappa shape index (κ1) is 5.76. The van der Waals surface area contributed by atoms with Crippen molar-refractivity contribution in [1.29, 1.82) is 0 Å². The third-order valence-electron chi connectivity index (χ3n) is 1.60. The van der Waals surface area contributed by atoms with Crippen LogP contribution in [0.2, 0.25) is 0 Å². The molecule has 0 saturated carbocycles. The van der Waals surface area contributed by atoms with Crippen LogP contribution >= 0.6 is 0 Å². The molecule has 2 nitrogen and oxygen atoms in total. The molecule has 1 fully saturated rings. The van der Waals surface area contributed by atoms with Crippen molar-refractivity contribution in [2.75, 3.05) is 13.1 Å². The lowest BCUT2D eigenvalue weighted by molar-refractivity contribution is -0.122. The molecular formula is C6H11NO. The van der Waals surface area contributed by atoms with Crippen LogP contribution in [-0.2, 0) is 4.79 Å². The highest BCUT2D eigenvalue weighted by Crippen LogP contribution is 2.04. The molecule has 1 rings (SSSR count). The minimum Gasteiger partial charge on any atom is -0.310 e. The van der Waals surface area contributed by atoms with Crippen molar-refractivity contribution < 1.29 is 4.79 Å². The fourth-order valence-corrected chi connectivity index (χ4v) is 0.865. The maximum absolute atomic E-state index is 10.7. The molecule has 1 heterocycles. The van der Waals surface area contributed by atoms with Crippen LogP contribution in [0.15, 0.2) is 0 Å². The fraction of sp³-hybridized carbons (Fsp3) is 0.833. The van der Waals surface area contributed by atoms with Crippen molar-refractivity contribution in [2.45, 2.75) is 13.3 Å². The Bertz CT molecular complexity index is 101. The van der Waals surface area contributed by atoms with Crippen LogP contribution in [-0.4, -0.2) is 18.9 Å². The Hall–Kier alpha value is -0.370. The van der Waals surface area contributed by atoms with Crippen molar-refractivity contribution >= 4 is 5.78 Å². The van der Waals surface area contributed by atoms with E-state index in [0.29, 0.717) is 18.2 Å². The molecule has 0 aromatic rings. The van der Waals surface area contributed by atoms with E-state index in [2.05, 4.69) is 5.32 Å². The molecule has 0 aliphatic carbocycles. The lowest BCUT2D eigenvalue weighted by atomic mass is 10.00. The van der Waals surface area contributed by atoms with Gasteiger partial charge in [-0.1, -0.05) is 6.92 Å². The van der Waals surface area contributed by atoms with E-state index in [0.717, 1.165) is 13.0 Å². The second kappa shape index (κ2) is 2.27. The summed E-state index contributed by atoms with van der Waals surface area (Å²) in [6.45, 7) is 3.58. The number of hydrogen-bond acceptors (Lipinski definition) is 2. The molecule has 0 radical (unpaired) electrons. The van der Waals surface area contributed by atoms with Gasteiger partial charge in [-0.05, 0) is 13.0 Å². The monoisotopic (exact) mass is 113 g/mol. The standard InChI is InChI=1S/C6H11NO/c1-5-2-3-7-4-6(5)8/h5,7H,2-4H2,1H3/t5-/m1/s1. The Balaban J connectivity index is 2.39. The lowest BCUT2D eigenvalue weighted by Gasteiger charge is -2.16. The number of piperidine rings is 1. The van der Waals surface area contributed by atoms with E-state index in [1.165, 1.54) is 0 Å². The van der Waals surface area contributed by atoms with E-state index in [9.17, 15) is 4.79 Å². The first-order chi connectivity index (χ1) is 3.80. The molecule has 0 unspecified atom stereocenters. The molecule has 1 aliphatic rings. The van der Waals surface area contributed by atoms with Gasteiger partial charge >= 0.3 is 0 Å². The molecule has 1 N–H and O–H groups in total. The first-order valence-corrected chi connectivity index (χ1v) is 3.04. The number of rotatable bonds is 0. The van der Waals surface area contributed by atoms with Crippen LogP contribution in [0.5, 0.6) is 0 Å². The van der Waals surface area contributed by atoms with Crippen molar-refractivity contribution in [3.63, 3.8) is 0 Å². The maximum atomic E-state index is 10.7. The minimum absolute atomic E-state index is 0.302. The molecule has 1 saturated heterocycles. The summed E-state index contributed by atoms with van der Waals surface area (Å²) in [7, 11) is 0. The van der Waals surface area contributed by atoms with E-state index < -0.39 is 0 Å². The van der Waals surface area contributed by atoms with Crippen molar-refractivity contribution in [3.05, 3.63) is 0 Å². The quantitative estimate of drug-likeness (QED) is 0.485. The molecule has 0 amide bonds. The zero-order chi connectivity index (χ0) is 5.98. The van der Waals surface area contributed by atoms with Crippen molar-refractivity contribution in [2.24, 2.45) is 5.92 Å². The van der Waals surface area contributed by atoms with Crippen LogP contribution < -0.4 is 5.32 Å². The Morgan fingerprint density at radius 3 is 2.88 bits per heavy atom. The zero-order valence-electron chi connectivity index (χ0n) is 5.11. The number of hydrogen-bond donors (Lipinski definition) is 1. The Kier molecular flexibility index (Phi) is 1.63. The van der Waals surface area contributed by atoms with Crippen LogP contribution in [0.25, 0.3) is 0 Å². The normalized spacial score (nSPS) is 30.6. The largest absolute Gasteiger partial charge is 0.310 e. The molecule has 0 aromatic carbocycles. The number of Topliss-reactive ketones (excluding diaryl/α,β-unsaturated/α-hetero) is 1. The van der Waals surface area contributed by atoms with E-state index in [1.807, 2.05) is 6.92 Å². The third kappa shape index (κ3) is 1.07. The SMILES string of the molecule is C[C@@H]1CCNCC1=O. The van der Waals surface area contributed by atoms with Crippen molar-refractivity contribution in [1.82, 2.24) is 5.32 Å². The highest BCUT2D eigenvalue weighted by Gasteiger charge is 2.15. The molecule has 2 heteroatoms. The summed E-state index contributed by atoms with van der Waals surface area (Å²) in [6.07, 6.45) is 1.01. The van der Waals surface area contributed by atoms with Crippen LogP contribution in [0.3, 0.4) is 0 Å². The molecule has 46 valence electrons. The summed E-state index contributed by atoms with van der Waals surface area (Å²) in [4.78, 5) is 10.7. The van der Waals surface area contributed by atoms with Gasteiger partial charge in [0.05, 0.1) is 6.54 Å². The predicted molar refractivity (Wildman–Crippen MR) is 31.7 cm³/mol. The number of ketones is 1. The second-order valence-corrected chi connectivity index (χ2v) is 2.33. The van der Waals surface area contributed by atoms with Gasteiger partial charge in [-0.15, -0.1) is 0 Å². The van der Waals surface area contributed by atoms with Crippen LogP contribution in [0.1, 0.15) is 13.3 Å². The molecular weight excluding hydrogens is 102 g/mol. The topological polar surface area (TPSA) is 29.1 Å². The average Bonchev–Trinajstić information content (AvgIpc) is 1.77. The zero-order valence-corrected chi connectivity index (χ0v) is 5.11. The smallest absolute Gasteiger partial charge is 0.149 e. The molecule has 0 spiro atoms. The van der Waals surface area contributed by atoms with E-state index in [4.69, 9.17) is 0 Å². The van der Waals surface area contributed by atoms with Gasteiger partial charge in [0.2, 0.25) is 0 Å². The second-order valence-electron chi connectivity index (χ2n) is 2.33. The van der Waals surface area contributed by atoms with E-state index in [-0.39, 0.29) is 0 Å². The lowest BCUT2D eigenvalue weighted by Crippen LogP contribution is -2.35. The highest BCUT2D eigenvalue weighted by molar-refractivity contribution is 5.83. The van der Waals surface area contributed by atoms with E-state index in [1.54, 1.807) is 0 Å². The van der Waals surface area contributed by atoms with Crippen LogP contribution in [0.4, 0.5) is 0 Å². The molecule has 0 bridgehead atoms. The molecule has 8 heavy (non-hydrogen) atoms. The third-order valence-corrected chi connectivity index (χ3v) is 1.60.